The van der Waals surface area contributed by atoms with Gasteiger partial charge in [0.25, 0.3) is 0 Å². The summed E-state index contributed by atoms with van der Waals surface area (Å²) in [6, 6.07) is 7.62. The van der Waals surface area contributed by atoms with Crippen molar-refractivity contribution < 1.29 is 19.2 Å². The first-order chi connectivity index (χ1) is 10.2. The monoisotopic (exact) mass is 302 g/mol. The number of hydrogen-bond donors (Lipinski definition) is 1. The molecule has 0 aliphatic carbocycles. The Labute approximate surface area is 132 Å². The summed E-state index contributed by atoms with van der Waals surface area (Å²) in [5.41, 5.74) is 1.45. The van der Waals surface area contributed by atoms with Crippen LogP contribution in [0.15, 0.2) is 29.8 Å². The Morgan fingerprint density at radius 1 is 1.14 bits per heavy atom. The first-order valence-corrected chi connectivity index (χ1v) is 7.56. The zero-order valence-electron chi connectivity index (χ0n) is 13.8. The van der Waals surface area contributed by atoms with Gasteiger partial charge in [-0.3, -0.25) is 0 Å². The van der Waals surface area contributed by atoms with E-state index in [0.29, 0.717) is 12.0 Å². The van der Waals surface area contributed by atoms with Crippen LogP contribution in [0.25, 0.3) is 6.08 Å². The Kier molecular flexibility index (Phi) is 4.50. The standard InChI is InChI=1S/C17H23BO4/c1-6-13(15(19)20)11-12-7-9-14(10-8-12)18-21-16(2,3)17(4,5)22-18/h7-11H,6H2,1-5H3,(H,19,20). The Morgan fingerprint density at radius 2 is 1.64 bits per heavy atom. The second-order valence-electron chi connectivity index (χ2n) is 6.58. The largest absolute Gasteiger partial charge is 0.494 e. The third-order valence-electron chi connectivity index (χ3n) is 4.46. The predicted molar refractivity (Wildman–Crippen MR) is 88.1 cm³/mol. The van der Waals surface area contributed by atoms with Crippen LogP contribution in [0.5, 0.6) is 0 Å². The molecule has 1 aliphatic rings. The zero-order chi connectivity index (χ0) is 16.5. The molecular formula is C17H23BO4. The molecule has 0 radical (unpaired) electrons. The summed E-state index contributed by atoms with van der Waals surface area (Å²) in [5.74, 6) is -0.877. The molecule has 0 saturated carbocycles. The van der Waals surface area contributed by atoms with Gasteiger partial charge in [0.05, 0.1) is 11.2 Å². The van der Waals surface area contributed by atoms with Gasteiger partial charge in [-0.05, 0) is 51.2 Å². The van der Waals surface area contributed by atoms with Crippen molar-refractivity contribution in [3.8, 4) is 0 Å². The lowest BCUT2D eigenvalue weighted by Crippen LogP contribution is -2.41. The average molecular weight is 302 g/mol. The van der Waals surface area contributed by atoms with Crippen LogP contribution >= 0.6 is 0 Å². The van der Waals surface area contributed by atoms with E-state index in [1.165, 1.54) is 0 Å². The molecule has 1 N–H and O–H groups in total. The lowest BCUT2D eigenvalue weighted by molar-refractivity contribution is -0.132. The highest BCUT2D eigenvalue weighted by atomic mass is 16.7. The summed E-state index contributed by atoms with van der Waals surface area (Å²) in [6.07, 6.45) is 2.19. The molecule has 1 aromatic carbocycles. The molecule has 1 aromatic rings. The van der Waals surface area contributed by atoms with Gasteiger partial charge in [0.2, 0.25) is 0 Å². The molecule has 1 aliphatic heterocycles. The summed E-state index contributed by atoms with van der Waals surface area (Å²) in [5, 5.41) is 9.07. The Bertz CT molecular complexity index is 571. The lowest BCUT2D eigenvalue weighted by Gasteiger charge is -2.32. The van der Waals surface area contributed by atoms with E-state index in [1.54, 1.807) is 6.08 Å². The Morgan fingerprint density at radius 3 is 2.05 bits per heavy atom. The molecule has 0 aromatic heterocycles. The minimum absolute atomic E-state index is 0.366. The fourth-order valence-electron chi connectivity index (χ4n) is 2.24. The fraction of sp³-hybridized carbons (Fsp3) is 0.471. The normalized spacial score (nSPS) is 20.2. The Balaban J connectivity index is 2.19. The molecule has 22 heavy (non-hydrogen) atoms. The van der Waals surface area contributed by atoms with Crippen LogP contribution in [0.2, 0.25) is 0 Å². The molecular weight excluding hydrogens is 279 g/mol. The van der Waals surface area contributed by atoms with E-state index in [0.717, 1.165) is 11.0 Å². The third-order valence-corrected chi connectivity index (χ3v) is 4.46. The number of carboxylic acid groups (broad SMARTS) is 1. The quantitative estimate of drug-likeness (QED) is 0.686. The molecule has 4 nitrogen and oxygen atoms in total. The SMILES string of the molecule is CCC(=Cc1ccc(B2OC(C)(C)C(C)(C)O2)cc1)C(=O)O. The van der Waals surface area contributed by atoms with Crippen molar-refractivity contribution in [2.24, 2.45) is 0 Å². The Hall–Kier alpha value is -1.59. The van der Waals surface area contributed by atoms with E-state index >= 15 is 0 Å². The van der Waals surface area contributed by atoms with Crippen LogP contribution in [0.3, 0.4) is 0 Å². The van der Waals surface area contributed by atoms with Gasteiger partial charge in [-0.1, -0.05) is 31.2 Å². The van der Waals surface area contributed by atoms with Crippen molar-refractivity contribution in [2.75, 3.05) is 0 Å². The summed E-state index contributed by atoms with van der Waals surface area (Å²) in [7, 11) is -0.395. The minimum Gasteiger partial charge on any atom is -0.478 e. The van der Waals surface area contributed by atoms with Crippen LogP contribution < -0.4 is 5.46 Å². The first kappa shape index (κ1) is 16.8. The maximum atomic E-state index is 11.0. The summed E-state index contributed by atoms with van der Waals surface area (Å²) >= 11 is 0. The highest BCUT2D eigenvalue weighted by Gasteiger charge is 2.51. The molecule has 5 heteroatoms. The van der Waals surface area contributed by atoms with Gasteiger partial charge in [-0.25, -0.2) is 4.79 Å². The second kappa shape index (κ2) is 5.90. The van der Waals surface area contributed by atoms with Crippen LogP contribution in [-0.2, 0) is 14.1 Å². The van der Waals surface area contributed by atoms with Crippen LogP contribution in [0, 0.1) is 0 Å². The van der Waals surface area contributed by atoms with Gasteiger partial charge < -0.3 is 14.4 Å². The molecule has 1 fully saturated rings. The smallest absolute Gasteiger partial charge is 0.478 e. The molecule has 0 bridgehead atoms. The van der Waals surface area contributed by atoms with E-state index in [1.807, 2.05) is 58.9 Å². The van der Waals surface area contributed by atoms with E-state index in [4.69, 9.17) is 14.4 Å². The number of aliphatic carboxylic acids is 1. The third kappa shape index (κ3) is 3.26. The molecule has 1 saturated heterocycles. The van der Waals surface area contributed by atoms with Crippen molar-refractivity contribution >= 4 is 24.6 Å². The summed E-state index contributed by atoms with van der Waals surface area (Å²) in [4.78, 5) is 11.0. The number of carbonyl (C=O) groups is 1. The second-order valence-corrected chi connectivity index (χ2v) is 6.58. The van der Waals surface area contributed by atoms with Gasteiger partial charge in [0, 0.05) is 5.57 Å². The van der Waals surface area contributed by atoms with Crippen LogP contribution in [-0.4, -0.2) is 29.4 Å². The maximum absolute atomic E-state index is 11.0. The molecule has 0 amide bonds. The van der Waals surface area contributed by atoms with Gasteiger partial charge in [0.1, 0.15) is 0 Å². The molecule has 0 atom stereocenters. The van der Waals surface area contributed by atoms with Gasteiger partial charge in [-0.2, -0.15) is 0 Å². The maximum Gasteiger partial charge on any atom is 0.494 e. The summed E-state index contributed by atoms with van der Waals surface area (Å²) < 4.78 is 12.0. The van der Waals surface area contributed by atoms with Crippen molar-refractivity contribution in [1.29, 1.82) is 0 Å². The highest BCUT2D eigenvalue weighted by Crippen LogP contribution is 2.36. The van der Waals surface area contributed by atoms with E-state index in [9.17, 15) is 4.79 Å². The number of benzene rings is 1. The van der Waals surface area contributed by atoms with E-state index in [2.05, 4.69) is 0 Å². The van der Waals surface area contributed by atoms with Gasteiger partial charge in [-0.15, -0.1) is 0 Å². The number of hydrogen-bond acceptors (Lipinski definition) is 3. The average Bonchev–Trinajstić information content (AvgIpc) is 2.65. The number of carboxylic acids is 1. The van der Waals surface area contributed by atoms with Gasteiger partial charge >= 0.3 is 13.1 Å². The van der Waals surface area contributed by atoms with Crippen LogP contribution in [0.4, 0.5) is 0 Å². The lowest BCUT2D eigenvalue weighted by atomic mass is 9.79. The van der Waals surface area contributed by atoms with Crippen molar-refractivity contribution in [3.05, 3.63) is 35.4 Å². The molecule has 0 unspecified atom stereocenters. The van der Waals surface area contributed by atoms with E-state index < -0.39 is 13.1 Å². The van der Waals surface area contributed by atoms with Crippen LogP contribution in [0.1, 0.15) is 46.6 Å². The van der Waals surface area contributed by atoms with Crippen molar-refractivity contribution in [2.45, 2.75) is 52.2 Å². The molecule has 118 valence electrons. The van der Waals surface area contributed by atoms with Gasteiger partial charge in [0.15, 0.2) is 0 Å². The fourth-order valence-corrected chi connectivity index (χ4v) is 2.24. The predicted octanol–water partition coefficient (Wildman–Crippen LogP) is 2.86. The van der Waals surface area contributed by atoms with Crippen molar-refractivity contribution in [1.82, 2.24) is 0 Å². The number of rotatable bonds is 4. The molecule has 0 spiro atoms. The molecule has 1 heterocycles. The molecule has 2 rings (SSSR count). The highest BCUT2D eigenvalue weighted by molar-refractivity contribution is 6.62. The van der Waals surface area contributed by atoms with E-state index in [-0.39, 0.29) is 11.2 Å². The minimum atomic E-state index is -0.877. The topological polar surface area (TPSA) is 55.8 Å². The zero-order valence-corrected chi connectivity index (χ0v) is 13.8. The van der Waals surface area contributed by atoms with Crippen molar-refractivity contribution in [3.63, 3.8) is 0 Å². The summed E-state index contributed by atoms with van der Waals surface area (Å²) in [6.45, 7) is 9.91. The first-order valence-electron chi connectivity index (χ1n) is 7.56.